The molecule has 0 saturated heterocycles. The lowest BCUT2D eigenvalue weighted by molar-refractivity contribution is 0.101. The molecule has 2 nitrogen and oxygen atoms in total. The van der Waals surface area contributed by atoms with E-state index in [0.717, 1.165) is 0 Å². The summed E-state index contributed by atoms with van der Waals surface area (Å²) in [5.41, 5.74) is 0.965. The van der Waals surface area contributed by atoms with Crippen molar-refractivity contribution in [2.75, 3.05) is 0 Å². The van der Waals surface area contributed by atoms with Crippen molar-refractivity contribution < 1.29 is 9.59 Å². The van der Waals surface area contributed by atoms with Crippen LogP contribution in [-0.4, -0.2) is 12.1 Å². The van der Waals surface area contributed by atoms with Gasteiger partial charge in [-0.05, 0) is 41.6 Å². The molecule has 1 aromatic carbocycles. The molecule has 0 N–H and O–H groups in total. The van der Waals surface area contributed by atoms with Gasteiger partial charge in [-0.2, -0.15) is 0 Å². The lowest BCUT2D eigenvalue weighted by atomic mass is 10.1. The second-order valence-electron chi connectivity index (χ2n) is 2.53. The van der Waals surface area contributed by atoms with Crippen molar-refractivity contribution in [3.05, 3.63) is 31.9 Å². The van der Waals surface area contributed by atoms with E-state index in [1.807, 2.05) is 22.6 Å². The van der Waals surface area contributed by atoms with Crippen LogP contribution in [0.25, 0.3) is 0 Å². The van der Waals surface area contributed by atoms with Gasteiger partial charge in [-0.15, -0.1) is 0 Å². The average molecular weight is 309 g/mol. The summed E-state index contributed by atoms with van der Waals surface area (Å²) in [6.07, 6.45) is 0.689. The van der Waals surface area contributed by atoms with Gasteiger partial charge in [0.15, 0.2) is 12.1 Å². The highest BCUT2D eigenvalue weighted by Crippen LogP contribution is 2.22. The van der Waals surface area contributed by atoms with Crippen molar-refractivity contribution in [3.63, 3.8) is 0 Å². The number of hydrogen-bond donors (Lipinski definition) is 0. The number of carbonyl (C=O) groups is 2. The SMILES string of the molecule is CC(=O)c1cc(Cl)c(C=O)c(I)c1. The van der Waals surface area contributed by atoms with E-state index in [1.165, 1.54) is 13.0 Å². The Morgan fingerprint density at radius 3 is 2.54 bits per heavy atom. The number of carbonyl (C=O) groups excluding carboxylic acids is 2. The van der Waals surface area contributed by atoms with E-state index in [1.54, 1.807) is 6.07 Å². The van der Waals surface area contributed by atoms with Crippen molar-refractivity contribution in [3.8, 4) is 0 Å². The lowest BCUT2D eigenvalue weighted by Crippen LogP contribution is -1.96. The maximum absolute atomic E-state index is 11.0. The van der Waals surface area contributed by atoms with Crippen LogP contribution in [0.5, 0.6) is 0 Å². The summed E-state index contributed by atoms with van der Waals surface area (Å²) < 4.78 is 0.699. The zero-order valence-corrected chi connectivity index (χ0v) is 9.72. The first-order valence-electron chi connectivity index (χ1n) is 3.51. The molecular formula is C9H6ClIO2. The van der Waals surface area contributed by atoms with Gasteiger partial charge in [0.05, 0.1) is 5.02 Å². The van der Waals surface area contributed by atoms with Crippen molar-refractivity contribution in [1.29, 1.82) is 0 Å². The van der Waals surface area contributed by atoms with Crippen LogP contribution in [0.1, 0.15) is 27.6 Å². The highest BCUT2D eigenvalue weighted by Gasteiger charge is 2.08. The third-order valence-electron chi connectivity index (χ3n) is 1.60. The van der Waals surface area contributed by atoms with Gasteiger partial charge in [-0.25, -0.2) is 0 Å². The Balaban J connectivity index is 3.36. The molecule has 0 bridgehead atoms. The van der Waals surface area contributed by atoms with Crippen molar-refractivity contribution >= 4 is 46.3 Å². The van der Waals surface area contributed by atoms with Crippen LogP contribution in [-0.2, 0) is 0 Å². The van der Waals surface area contributed by atoms with Crippen LogP contribution in [0.4, 0.5) is 0 Å². The maximum Gasteiger partial charge on any atom is 0.159 e. The van der Waals surface area contributed by atoms with Crippen LogP contribution in [0, 0.1) is 3.57 Å². The third-order valence-corrected chi connectivity index (χ3v) is 2.81. The first-order chi connectivity index (χ1) is 6.06. The zero-order chi connectivity index (χ0) is 10.0. The third kappa shape index (κ3) is 2.28. The molecule has 0 radical (unpaired) electrons. The molecule has 0 heterocycles. The number of benzene rings is 1. The number of halogens is 2. The fourth-order valence-corrected chi connectivity index (χ4v) is 2.08. The summed E-state index contributed by atoms with van der Waals surface area (Å²) >= 11 is 7.77. The van der Waals surface area contributed by atoms with E-state index in [2.05, 4.69) is 0 Å². The van der Waals surface area contributed by atoms with Crippen molar-refractivity contribution in [2.45, 2.75) is 6.92 Å². The molecule has 13 heavy (non-hydrogen) atoms. The summed E-state index contributed by atoms with van der Waals surface area (Å²) in [5, 5.41) is 0.326. The highest BCUT2D eigenvalue weighted by molar-refractivity contribution is 14.1. The molecule has 0 aliphatic carbocycles. The molecule has 68 valence electrons. The minimum absolute atomic E-state index is 0.0581. The lowest BCUT2D eigenvalue weighted by Gasteiger charge is -2.02. The van der Waals surface area contributed by atoms with E-state index >= 15 is 0 Å². The molecule has 0 aliphatic rings. The van der Waals surface area contributed by atoms with E-state index in [4.69, 9.17) is 11.6 Å². The van der Waals surface area contributed by atoms with Crippen LogP contribution in [0.3, 0.4) is 0 Å². The Morgan fingerprint density at radius 1 is 1.54 bits per heavy atom. The second kappa shape index (κ2) is 4.19. The molecule has 1 aromatic rings. The van der Waals surface area contributed by atoms with E-state index in [0.29, 0.717) is 26.0 Å². The first-order valence-corrected chi connectivity index (χ1v) is 4.97. The monoisotopic (exact) mass is 308 g/mol. The predicted molar refractivity (Wildman–Crippen MR) is 59.6 cm³/mol. The van der Waals surface area contributed by atoms with E-state index in [9.17, 15) is 9.59 Å². The summed E-state index contributed by atoms with van der Waals surface area (Å²) in [7, 11) is 0. The summed E-state index contributed by atoms with van der Waals surface area (Å²) in [6, 6.07) is 3.16. The Kier molecular flexibility index (Phi) is 3.44. The van der Waals surface area contributed by atoms with Crippen LogP contribution >= 0.6 is 34.2 Å². The Bertz CT molecular complexity index is 351. The van der Waals surface area contributed by atoms with Gasteiger partial charge in [0.25, 0.3) is 0 Å². The molecule has 0 amide bonds. The topological polar surface area (TPSA) is 34.1 Å². The van der Waals surface area contributed by atoms with Gasteiger partial charge < -0.3 is 0 Å². The average Bonchev–Trinajstić information content (AvgIpc) is 2.03. The first kappa shape index (κ1) is 10.7. The normalized spacial score (nSPS) is 9.77. The predicted octanol–water partition coefficient (Wildman–Crippen LogP) is 2.96. The van der Waals surface area contributed by atoms with E-state index in [-0.39, 0.29) is 5.78 Å². The largest absolute Gasteiger partial charge is 0.298 e. The number of Topliss-reactive ketones (excluding diaryl/α,β-unsaturated/α-hetero) is 1. The molecule has 0 aromatic heterocycles. The summed E-state index contributed by atoms with van der Waals surface area (Å²) in [6.45, 7) is 1.46. The number of hydrogen-bond acceptors (Lipinski definition) is 2. The number of ketones is 1. The van der Waals surface area contributed by atoms with Crippen molar-refractivity contribution in [2.24, 2.45) is 0 Å². The summed E-state index contributed by atoms with van der Waals surface area (Å²) in [5.74, 6) is -0.0581. The fraction of sp³-hybridized carbons (Fsp3) is 0.111. The Labute approximate surface area is 94.4 Å². The van der Waals surface area contributed by atoms with Crippen LogP contribution < -0.4 is 0 Å². The summed E-state index contributed by atoms with van der Waals surface area (Å²) in [4.78, 5) is 21.6. The van der Waals surface area contributed by atoms with Gasteiger partial charge in [0.2, 0.25) is 0 Å². The molecule has 0 atom stereocenters. The van der Waals surface area contributed by atoms with Gasteiger partial charge in [-0.1, -0.05) is 11.6 Å². The molecular weight excluding hydrogens is 302 g/mol. The Morgan fingerprint density at radius 2 is 2.15 bits per heavy atom. The smallest absolute Gasteiger partial charge is 0.159 e. The minimum atomic E-state index is -0.0581. The molecule has 1 rings (SSSR count). The number of rotatable bonds is 2. The van der Waals surface area contributed by atoms with Gasteiger partial charge >= 0.3 is 0 Å². The van der Waals surface area contributed by atoms with Gasteiger partial charge in [0.1, 0.15) is 0 Å². The van der Waals surface area contributed by atoms with Crippen LogP contribution in [0.15, 0.2) is 12.1 Å². The van der Waals surface area contributed by atoms with Gasteiger partial charge in [0, 0.05) is 14.7 Å². The Hall–Kier alpha value is -0.420. The van der Waals surface area contributed by atoms with Crippen molar-refractivity contribution in [1.82, 2.24) is 0 Å². The fourth-order valence-electron chi connectivity index (χ4n) is 0.900. The molecule has 0 spiro atoms. The standard InChI is InChI=1S/C9H6ClIO2/c1-5(13)6-2-8(10)7(4-12)9(11)3-6/h2-4H,1H3. The molecule has 0 fully saturated rings. The second-order valence-corrected chi connectivity index (χ2v) is 4.10. The quantitative estimate of drug-likeness (QED) is 0.478. The van der Waals surface area contributed by atoms with E-state index < -0.39 is 0 Å². The molecule has 0 saturated carbocycles. The molecule has 0 unspecified atom stereocenters. The minimum Gasteiger partial charge on any atom is -0.298 e. The van der Waals surface area contributed by atoms with Gasteiger partial charge in [-0.3, -0.25) is 9.59 Å². The molecule has 4 heteroatoms. The van der Waals surface area contributed by atoms with Crippen LogP contribution in [0.2, 0.25) is 5.02 Å². The zero-order valence-electron chi connectivity index (χ0n) is 6.80. The highest BCUT2D eigenvalue weighted by atomic mass is 127. The molecule has 0 aliphatic heterocycles. The maximum atomic E-state index is 11.0. The number of aldehydes is 1.